The van der Waals surface area contributed by atoms with Gasteiger partial charge in [0.15, 0.2) is 0 Å². The predicted molar refractivity (Wildman–Crippen MR) is 113 cm³/mol. The first-order valence-corrected chi connectivity index (χ1v) is 10.4. The Hall–Kier alpha value is -2.66. The highest BCUT2D eigenvalue weighted by Gasteiger charge is 2.26. The molecule has 1 atom stereocenters. The molecular weight excluding hydrogens is 415 g/mol. The molecule has 0 bridgehead atoms. The minimum absolute atomic E-state index is 0.0820. The zero-order valence-corrected chi connectivity index (χ0v) is 17.3. The Morgan fingerprint density at radius 1 is 1.43 bits per heavy atom. The van der Waals surface area contributed by atoms with E-state index in [4.69, 9.17) is 5.41 Å². The molecule has 0 amide bonds. The van der Waals surface area contributed by atoms with Crippen LogP contribution in [-0.4, -0.2) is 58.0 Å². The van der Waals surface area contributed by atoms with Crippen LogP contribution in [0.4, 0.5) is 19.0 Å². The number of nitrogens with one attached hydrogen (secondary N) is 3. The average Bonchev–Trinajstić information content (AvgIpc) is 3.22. The van der Waals surface area contributed by atoms with Gasteiger partial charge in [-0.15, -0.1) is 0 Å². The first-order chi connectivity index (χ1) is 14.4. The van der Waals surface area contributed by atoms with Crippen molar-refractivity contribution in [2.75, 3.05) is 30.8 Å². The van der Waals surface area contributed by atoms with Gasteiger partial charge < -0.3 is 9.88 Å². The van der Waals surface area contributed by atoms with Gasteiger partial charge in [0.25, 0.3) is 6.43 Å². The Labute approximate surface area is 176 Å². The van der Waals surface area contributed by atoms with Crippen LogP contribution in [0.15, 0.2) is 36.1 Å². The lowest BCUT2D eigenvalue weighted by Crippen LogP contribution is -2.38. The van der Waals surface area contributed by atoms with Crippen molar-refractivity contribution < 1.29 is 13.2 Å². The lowest BCUT2D eigenvalue weighted by molar-refractivity contribution is 0.226. The predicted octanol–water partition coefficient (Wildman–Crippen LogP) is 3.71. The fourth-order valence-electron chi connectivity index (χ4n) is 3.06. The van der Waals surface area contributed by atoms with E-state index in [-0.39, 0.29) is 11.7 Å². The van der Waals surface area contributed by atoms with E-state index in [1.807, 2.05) is 18.1 Å². The molecule has 1 aliphatic heterocycles. The van der Waals surface area contributed by atoms with E-state index in [0.29, 0.717) is 48.2 Å². The van der Waals surface area contributed by atoms with Crippen LogP contribution in [0, 0.1) is 11.3 Å². The second-order valence-electron chi connectivity index (χ2n) is 6.79. The van der Waals surface area contributed by atoms with Crippen molar-refractivity contribution in [3.63, 3.8) is 0 Å². The summed E-state index contributed by atoms with van der Waals surface area (Å²) in [6.45, 7) is 3.22. The topological polar surface area (TPSA) is 93.6 Å². The van der Waals surface area contributed by atoms with Gasteiger partial charge in [0.1, 0.15) is 23.8 Å². The van der Waals surface area contributed by atoms with Crippen LogP contribution in [-0.2, 0) is 0 Å². The molecule has 3 N–H and O–H groups in total. The van der Waals surface area contributed by atoms with Crippen LogP contribution in [0.3, 0.4) is 0 Å². The van der Waals surface area contributed by atoms with Crippen molar-refractivity contribution in [1.82, 2.24) is 24.7 Å². The number of hydrogen-bond acceptors (Lipinski definition) is 7. The molecule has 0 radical (unpaired) electrons. The third-order valence-electron chi connectivity index (χ3n) is 4.58. The Kier molecular flexibility index (Phi) is 7.27. The Morgan fingerprint density at radius 3 is 2.97 bits per heavy atom. The fraction of sp³-hybridized carbons (Fsp3) is 0.368. The number of imidazole rings is 1. The quantitative estimate of drug-likeness (QED) is 0.431. The highest BCUT2D eigenvalue weighted by Crippen LogP contribution is 2.28. The summed E-state index contributed by atoms with van der Waals surface area (Å²) in [7, 11) is 0. The largest absolute Gasteiger partial charge is 0.352 e. The number of halogens is 3. The summed E-state index contributed by atoms with van der Waals surface area (Å²) in [6, 6.07) is 1.78. The highest BCUT2D eigenvalue weighted by atomic mass is 32.2. The summed E-state index contributed by atoms with van der Waals surface area (Å²) in [6.07, 6.45) is 4.33. The lowest BCUT2D eigenvalue weighted by Gasteiger charge is -2.33. The van der Waals surface area contributed by atoms with Gasteiger partial charge in [0.05, 0.1) is 23.3 Å². The average molecular weight is 437 g/mol. The maximum atomic E-state index is 14.5. The molecule has 0 spiro atoms. The van der Waals surface area contributed by atoms with Gasteiger partial charge in [-0.1, -0.05) is 18.9 Å². The van der Waals surface area contributed by atoms with E-state index in [0.717, 1.165) is 6.08 Å². The Bertz CT molecular complexity index is 957. The summed E-state index contributed by atoms with van der Waals surface area (Å²) < 4.78 is 42.4. The monoisotopic (exact) mass is 437 g/mol. The third-order valence-corrected chi connectivity index (χ3v) is 5.01. The van der Waals surface area contributed by atoms with Crippen molar-refractivity contribution in [2.24, 2.45) is 5.92 Å². The van der Waals surface area contributed by atoms with Crippen molar-refractivity contribution >= 4 is 29.6 Å². The molecule has 3 rings (SSSR count). The molecule has 1 aliphatic rings. The van der Waals surface area contributed by atoms with E-state index in [9.17, 15) is 13.2 Å². The molecule has 0 aliphatic carbocycles. The number of H-pyrrole nitrogens is 1. The van der Waals surface area contributed by atoms with Crippen molar-refractivity contribution in [3.8, 4) is 11.4 Å². The fourth-order valence-corrected chi connectivity index (χ4v) is 3.38. The summed E-state index contributed by atoms with van der Waals surface area (Å²) in [5.74, 6) is 0.663. The molecular formula is C19H22F3N7S. The van der Waals surface area contributed by atoms with Crippen LogP contribution >= 0.6 is 11.9 Å². The number of anilines is 1. The van der Waals surface area contributed by atoms with Gasteiger partial charge >= 0.3 is 0 Å². The molecule has 3 heterocycles. The molecule has 1 unspecified atom stereocenters. The number of aromatic amines is 1. The van der Waals surface area contributed by atoms with Gasteiger partial charge in [-0.05, 0) is 24.0 Å². The molecule has 11 heteroatoms. The standard InChI is InChI=1S/C19H22F3N7S/c1-11-8-29(9-12(18(11)20)6-27-30-2)17-5-14(25-10-26-17)15-7-24-16(28-15)4-3-13(23)19(21)22/h3-5,7,10-11,19,23,27H,6,8-9H2,1-2H3,(H,24,28)/b4-3-,23-13?. The Balaban J connectivity index is 1.78. The van der Waals surface area contributed by atoms with Crippen LogP contribution in [0.5, 0.6) is 0 Å². The normalized spacial score (nSPS) is 17.4. The first kappa shape index (κ1) is 22.0. The van der Waals surface area contributed by atoms with E-state index in [1.54, 1.807) is 6.07 Å². The van der Waals surface area contributed by atoms with Crippen molar-refractivity contribution in [2.45, 2.75) is 13.3 Å². The number of alkyl halides is 2. The lowest BCUT2D eigenvalue weighted by atomic mass is 10.00. The van der Waals surface area contributed by atoms with Crippen molar-refractivity contribution in [3.05, 3.63) is 41.9 Å². The number of allylic oxidation sites excluding steroid dienone is 1. The molecule has 2 aromatic rings. The molecule has 2 aromatic heterocycles. The zero-order chi connectivity index (χ0) is 21.7. The summed E-state index contributed by atoms with van der Waals surface area (Å²) in [5, 5.41) is 7.15. The maximum absolute atomic E-state index is 14.5. The van der Waals surface area contributed by atoms with Gasteiger partial charge in [0.2, 0.25) is 0 Å². The molecule has 0 fully saturated rings. The number of hydrogen-bond donors (Lipinski definition) is 3. The molecule has 0 saturated heterocycles. The first-order valence-electron chi connectivity index (χ1n) is 9.19. The second kappa shape index (κ2) is 9.90. The van der Waals surface area contributed by atoms with Gasteiger partial charge in [-0.25, -0.2) is 28.1 Å². The Morgan fingerprint density at radius 2 is 2.23 bits per heavy atom. The van der Waals surface area contributed by atoms with E-state index in [1.165, 1.54) is 30.5 Å². The van der Waals surface area contributed by atoms with Crippen LogP contribution in [0.2, 0.25) is 0 Å². The van der Waals surface area contributed by atoms with Crippen LogP contribution < -0.4 is 9.62 Å². The molecule has 0 saturated carbocycles. The molecule has 0 aromatic carbocycles. The van der Waals surface area contributed by atoms with Crippen LogP contribution in [0.25, 0.3) is 17.5 Å². The zero-order valence-electron chi connectivity index (χ0n) is 16.5. The van der Waals surface area contributed by atoms with E-state index in [2.05, 4.69) is 24.7 Å². The number of rotatable bonds is 8. The summed E-state index contributed by atoms with van der Waals surface area (Å²) in [4.78, 5) is 17.7. The molecule has 160 valence electrons. The maximum Gasteiger partial charge on any atom is 0.279 e. The molecule has 7 nitrogen and oxygen atoms in total. The van der Waals surface area contributed by atoms with Gasteiger partial charge in [0, 0.05) is 31.6 Å². The van der Waals surface area contributed by atoms with Crippen LogP contribution in [0.1, 0.15) is 12.7 Å². The minimum Gasteiger partial charge on any atom is -0.352 e. The summed E-state index contributed by atoms with van der Waals surface area (Å²) >= 11 is 1.44. The minimum atomic E-state index is -2.83. The molecule has 30 heavy (non-hydrogen) atoms. The number of nitrogens with zero attached hydrogens (tertiary/aromatic N) is 4. The number of aromatic nitrogens is 4. The smallest absolute Gasteiger partial charge is 0.279 e. The van der Waals surface area contributed by atoms with E-state index < -0.39 is 12.1 Å². The van der Waals surface area contributed by atoms with Gasteiger partial charge in [-0.2, -0.15) is 0 Å². The SMILES string of the molecule is CSNCC1=C(F)C(C)CN(c2cc(-c3cnc(/C=C\C(=N)C(F)F)[nH]3)ncn2)C1. The second-order valence-corrected chi connectivity index (χ2v) is 7.49. The summed E-state index contributed by atoms with van der Waals surface area (Å²) in [5.41, 5.74) is 1.06. The van der Waals surface area contributed by atoms with Gasteiger partial charge in [-0.3, -0.25) is 10.1 Å². The third kappa shape index (κ3) is 5.28. The van der Waals surface area contributed by atoms with E-state index >= 15 is 0 Å². The highest BCUT2D eigenvalue weighted by molar-refractivity contribution is 7.96. The van der Waals surface area contributed by atoms with Crippen molar-refractivity contribution in [1.29, 1.82) is 5.41 Å².